The fraction of sp³-hybridized carbons (Fsp3) is 0.515. The van der Waals surface area contributed by atoms with Gasteiger partial charge in [-0.2, -0.15) is 10.2 Å². The van der Waals surface area contributed by atoms with Gasteiger partial charge in [0, 0.05) is 5.57 Å². The molecular weight excluding hydrogens is 504 g/mol. The zero-order chi connectivity index (χ0) is 29.0. The molecule has 7 heteroatoms. The standard InChI is InChI=1S/C33H46N2O5/c1-5-27(4)25-40-33(37)28-15-17-29(18-16-28)34-35-30-19-21-31(22-20-30)38-23-13-11-9-7-6-8-10-12-14-24-39-32(36)26(2)3/h15-22,27H,2,5-14,23-25H2,1,3-4H3/t27-/m0/s1. The van der Waals surface area contributed by atoms with Crippen molar-refractivity contribution < 1.29 is 23.8 Å². The van der Waals surface area contributed by atoms with Gasteiger partial charge in [-0.05, 0) is 74.2 Å². The second kappa shape index (κ2) is 19.6. The minimum atomic E-state index is -0.316. The first-order valence-electron chi connectivity index (χ1n) is 14.6. The fourth-order valence-corrected chi connectivity index (χ4v) is 3.73. The van der Waals surface area contributed by atoms with Crippen molar-refractivity contribution in [2.75, 3.05) is 19.8 Å². The molecule has 0 aliphatic rings. The Balaban J connectivity index is 1.53. The molecule has 0 aromatic heterocycles. The minimum Gasteiger partial charge on any atom is -0.494 e. The molecular formula is C33H46N2O5. The van der Waals surface area contributed by atoms with Gasteiger partial charge >= 0.3 is 11.9 Å². The Bertz CT molecular complexity index is 1050. The molecule has 40 heavy (non-hydrogen) atoms. The predicted octanol–water partition coefficient (Wildman–Crippen LogP) is 9.31. The monoisotopic (exact) mass is 550 g/mol. The van der Waals surface area contributed by atoms with Gasteiger partial charge in [0.15, 0.2) is 0 Å². The molecule has 0 heterocycles. The number of benzene rings is 2. The molecule has 0 fully saturated rings. The Kier molecular flexibility index (Phi) is 16.0. The van der Waals surface area contributed by atoms with Crippen LogP contribution < -0.4 is 4.74 Å². The number of hydrogen-bond acceptors (Lipinski definition) is 7. The molecule has 0 unspecified atom stereocenters. The van der Waals surface area contributed by atoms with Gasteiger partial charge < -0.3 is 14.2 Å². The molecule has 0 saturated heterocycles. The van der Waals surface area contributed by atoms with E-state index in [1.165, 1.54) is 32.1 Å². The number of azo groups is 1. The highest BCUT2D eigenvalue weighted by Gasteiger charge is 2.09. The fourth-order valence-electron chi connectivity index (χ4n) is 3.73. The first kappa shape index (κ1) is 32.7. The minimum absolute atomic E-state index is 0.291. The van der Waals surface area contributed by atoms with Crippen molar-refractivity contribution in [3.63, 3.8) is 0 Å². The Hall–Kier alpha value is -3.48. The molecule has 0 radical (unpaired) electrons. The predicted molar refractivity (Wildman–Crippen MR) is 160 cm³/mol. The van der Waals surface area contributed by atoms with Crippen molar-refractivity contribution in [1.29, 1.82) is 0 Å². The Morgan fingerprint density at radius 2 is 1.25 bits per heavy atom. The maximum Gasteiger partial charge on any atom is 0.338 e. The lowest BCUT2D eigenvalue weighted by Crippen LogP contribution is -2.11. The Morgan fingerprint density at radius 1 is 0.750 bits per heavy atom. The van der Waals surface area contributed by atoms with E-state index in [9.17, 15) is 9.59 Å². The quantitative estimate of drug-likeness (QED) is 0.0709. The van der Waals surface area contributed by atoms with Crippen LogP contribution in [0.15, 0.2) is 70.9 Å². The highest BCUT2D eigenvalue weighted by Crippen LogP contribution is 2.22. The highest BCUT2D eigenvalue weighted by molar-refractivity contribution is 5.89. The molecule has 2 aromatic rings. The van der Waals surface area contributed by atoms with Crippen LogP contribution in [0.1, 0.15) is 95.3 Å². The topological polar surface area (TPSA) is 86.5 Å². The van der Waals surface area contributed by atoms with Crippen LogP contribution in [0, 0.1) is 5.92 Å². The number of esters is 2. The Labute approximate surface area is 240 Å². The lowest BCUT2D eigenvalue weighted by molar-refractivity contribution is -0.139. The smallest absolute Gasteiger partial charge is 0.338 e. The van der Waals surface area contributed by atoms with Gasteiger partial charge in [0.25, 0.3) is 0 Å². The van der Waals surface area contributed by atoms with Gasteiger partial charge in [-0.3, -0.25) is 0 Å². The van der Waals surface area contributed by atoms with Crippen molar-refractivity contribution in [3.8, 4) is 5.75 Å². The van der Waals surface area contributed by atoms with E-state index in [-0.39, 0.29) is 11.9 Å². The number of unbranched alkanes of at least 4 members (excludes halogenated alkanes) is 8. The summed E-state index contributed by atoms with van der Waals surface area (Å²) in [5, 5.41) is 8.53. The summed E-state index contributed by atoms with van der Waals surface area (Å²) in [6.07, 6.45) is 11.3. The van der Waals surface area contributed by atoms with Crippen molar-refractivity contribution in [2.45, 2.75) is 85.0 Å². The zero-order valence-corrected chi connectivity index (χ0v) is 24.5. The van der Waals surface area contributed by atoms with Gasteiger partial charge in [0.05, 0.1) is 36.8 Å². The lowest BCUT2D eigenvalue weighted by Gasteiger charge is -2.09. The molecule has 0 aliphatic carbocycles. The molecule has 1 atom stereocenters. The van der Waals surface area contributed by atoms with Gasteiger partial charge in [-0.15, -0.1) is 0 Å². The summed E-state index contributed by atoms with van der Waals surface area (Å²) in [6, 6.07) is 14.5. The van der Waals surface area contributed by atoms with Gasteiger partial charge in [0.1, 0.15) is 5.75 Å². The van der Waals surface area contributed by atoms with Crippen LogP contribution in [0.2, 0.25) is 0 Å². The average molecular weight is 551 g/mol. The van der Waals surface area contributed by atoms with Crippen LogP contribution in [-0.4, -0.2) is 31.8 Å². The van der Waals surface area contributed by atoms with E-state index in [0.717, 1.165) is 43.5 Å². The first-order chi connectivity index (χ1) is 19.4. The summed E-state index contributed by atoms with van der Waals surface area (Å²) in [4.78, 5) is 23.4. The average Bonchev–Trinajstić information content (AvgIpc) is 2.97. The number of carbonyl (C=O) groups excluding carboxylic acids is 2. The van der Waals surface area contributed by atoms with Crippen molar-refractivity contribution >= 4 is 23.3 Å². The lowest BCUT2D eigenvalue weighted by atomic mass is 10.1. The summed E-state index contributed by atoms with van der Waals surface area (Å²) in [5.41, 5.74) is 2.37. The summed E-state index contributed by atoms with van der Waals surface area (Å²) in [5.74, 6) is 0.572. The number of nitrogens with zero attached hydrogens (tertiary/aromatic N) is 2. The maximum absolute atomic E-state index is 12.1. The second-order valence-corrected chi connectivity index (χ2v) is 10.3. The van der Waals surface area contributed by atoms with Crippen molar-refractivity contribution in [2.24, 2.45) is 16.1 Å². The summed E-state index contributed by atoms with van der Waals surface area (Å²) in [6.45, 7) is 11.0. The molecule has 0 N–H and O–H groups in total. The van der Waals surface area contributed by atoms with E-state index < -0.39 is 0 Å². The molecule has 7 nitrogen and oxygen atoms in total. The molecule has 0 amide bonds. The molecule has 2 rings (SSSR count). The van der Waals surface area contributed by atoms with E-state index >= 15 is 0 Å². The third-order valence-corrected chi connectivity index (χ3v) is 6.56. The molecule has 0 saturated carbocycles. The van der Waals surface area contributed by atoms with Crippen LogP contribution >= 0.6 is 0 Å². The van der Waals surface area contributed by atoms with E-state index in [1.807, 2.05) is 24.3 Å². The van der Waals surface area contributed by atoms with E-state index in [4.69, 9.17) is 14.2 Å². The van der Waals surface area contributed by atoms with Gasteiger partial charge in [0.2, 0.25) is 0 Å². The van der Waals surface area contributed by atoms with E-state index in [1.54, 1.807) is 31.2 Å². The third-order valence-electron chi connectivity index (χ3n) is 6.56. The zero-order valence-electron chi connectivity index (χ0n) is 24.5. The largest absolute Gasteiger partial charge is 0.494 e. The third kappa shape index (κ3) is 14.1. The van der Waals surface area contributed by atoms with Crippen LogP contribution in [0.4, 0.5) is 11.4 Å². The number of ether oxygens (including phenoxy) is 3. The molecule has 0 spiro atoms. The van der Waals surface area contributed by atoms with Crippen molar-refractivity contribution in [1.82, 2.24) is 0 Å². The molecule has 0 aliphatic heterocycles. The summed E-state index contributed by atoms with van der Waals surface area (Å²) < 4.78 is 16.3. The molecule has 2 aromatic carbocycles. The van der Waals surface area contributed by atoms with Gasteiger partial charge in [-0.1, -0.05) is 71.8 Å². The van der Waals surface area contributed by atoms with Crippen LogP contribution in [0.3, 0.4) is 0 Å². The van der Waals surface area contributed by atoms with Crippen LogP contribution in [-0.2, 0) is 14.3 Å². The SMILES string of the molecule is C=C(C)C(=O)OCCCCCCCCCCCOc1ccc(N=Nc2ccc(C(=O)OC[C@@H](C)CC)cc2)cc1. The summed E-state index contributed by atoms with van der Waals surface area (Å²) in [7, 11) is 0. The summed E-state index contributed by atoms with van der Waals surface area (Å²) >= 11 is 0. The van der Waals surface area contributed by atoms with E-state index in [0.29, 0.717) is 42.6 Å². The van der Waals surface area contributed by atoms with E-state index in [2.05, 4.69) is 30.7 Å². The van der Waals surface area contributed by atoms with Crippen LogP contribution in [0.25, 0.3) is 0 Å². The number of rotatable bonds is 20. The maximum atomic E-state index is 12.1. The van der Waals surface area contributed by atoms with Crippen LogP contribution in [0.5, 0.6) is 5.75 Å². The number of hydrogen-bond donors (Lipinski definition) is 0. The Morgan fingerprint density at radius 3 is 1.77 bits per heavy atom. The first-order valence-corrected chi connectivity index (χ1v) is 14.6. The second-order valence-electron chi connectivity index (χ2n) is 10.3. The highest BCUT2D eigenvalue weighted by atomic mass is 16.5. The molecule has 0 bridgehead atoms. The molecule has 218 valence electrons. The normalized spacial score (nSPS) is 11.8. The van der Waals surface area contributed by atoms with Gasteiger partial charge in [-0.25, -0.2) is 9.59 Å². The van der Waals surface area contributed by atoms with Crippen molar-refractivity contribution in [3.05, 3.63) is 66.2 Å². The number of carbonyl (C=O) groups is 2.